The average molecular weight is 375 g/mol. The number of rotatable bonds is 6. The fourth-order valence-corrected chi connectivity index (χ4v) is 3.48. The van der Waals surface area contributed by atoms with Crippen LogP contribution < -0.4 is 10.2 Å². The first-order valence-corrected chi connectivity index (χ1v) is 9.78. The van der Waals surface area contributed by atoms with Crippen molar-refractivity contribution in [2.24, 2.45) is 7.05 Å². The van der Waals surface area contributed by atoms with E-state index >= 15 is 0 Å². The summed E-state index contributed by atoms with van der Waals surface area (Å²) in [5, 5.41) is 12.2. The van der Waals surface area contributed by atoms with Gasteiger partial charge in [-0.3, -0.25) is 9.36 Å². The number of hydrogen-bond acceptors (Lipinski definition) is 6. The third-order valence-corrected chi connectivity index (χ3v) is 5.30. The summed E-state index contributed by atoms with van der Waals surface area (Å²) in [4.78, 5) is 14.4. The van der Waals surface area contributed by atoms with Crippen LogP contribution in [0.3, 0.4) is 0 Å². The number of ether oxygens (including phenoxy) is 1. The minimum Gasteiger partial charge on any atom is -0.378 e. The summed E-state index contributed by atoms with van der Waals surface area (Å²) in [6.45, 7) is 7.29. The molecular weight excluding hydrogens is 350 g/mol. The van der Waals surface area contributed by atoms with Crippen molar-refractivity contribution in [2.75, 3.05) is 42.3 Å². The maximum absolute atomic E-state index is 12.3. The Morgan fingerprint density at radius 3 is 2.81 bits per heavy atom. The first-order valence-electron chi connectivity index (χ1n) is 8.79. The van der Waals surface area contributed by atoms with Crippen LogP contribution in [-0.2, 0) is 16.6 Å². The van der Waals surface area contributed by atoms with Crippen LogP contribution in [0.4, 0.5) is 11.6 Å². The maximum atomic E-state index is 12.3. The van der Waals surface area contributed by atoms with E-state index < -0.39 is 0 Å². The molecule has 140 valence electrons. The number of thioether (sulfide) groups is 1. The minimum atomic E-state index is -0.0492. The largest absolute Gasteiger partial charge is 0.378 e. The van der Waals surface area contributed by atoms with Gasteiger partial charge in [0, 0.05) is 25.8 Å². The fraction of sp³-hybridized carbons (Fsp3) is 0.500. The van der Waals surface area contributed by atoms with Crippen LogP contribution in [-0.4, -0.2) is 52.7 Å². The van der Waals surface area contributed by atoms with Gasteiger partial charge in [0.15, 0.2) is 5.16 Å². The number of benzene rings is 1. The van der Waals surface area contributed by atoms with E-state index in [1.54, 1.807) is 0 Å². The van der Waals surface area contributed by atoms with Gasteiger partial charge in [-0.05, 0) is 23.6 Å². The molecule has 1 N–H and O–H groups in total. The van der Waals surface area contributed by atoms with Crippen LogP contribution in [0.25, 0.3) is 0 Å². The quantitative estimate of drug-likeness (QED) is 0.782. The molecule has 0 radical (unpaired) electrons. The highest BCUT2D eigenvalue weighted by atomic mass is 32.2. The molecule has 0 bridgehead atoms. The summed E-state index contributed by atoms with van der Waals surface area (Å²) in [6, 6.07) is 7.97. The summed E-state index contributed by atoms with van der Waals surface area (Å²) in [5.74, 6) is 1.49. The predicted octanol–water partition coefficient (Wildman–Crippen LogP) is 2.51. The minimum absolute atomic E-state index is 0.0492. The highest BCUT2D eigenvalue weighted by Crippen LogP contribution is 2.22. The second-order valence-corrected chi connectivity index (χ2v) is 7.50. The van der Waals surface area contributed by atoms with Crippen molar-refractivity contribution < 1.29 is 9.53 Å². The van der Waals surface area contributed by atoms with Gasteiger partial charge >= 0.3 is 0 Å². The van der Waals surface area contributed by atoms with Crippen LogP contribution in [0, 0.1) is 0 Å². The SMILES string of the molecule is CC(C)c1cccc(NC(=O)CSc2nnc(N3CCOCC3)n2C)c1. The Morgan fingerprint density at radius 1 is 1.31 bits per heavy atom. The van der Waals surface area contributed by atoms with Crippen molar-refractivity contribution in [3.63, 3.8) is 0 Å². The molecule has 0 aliphatic carbocycles. The fourth-order valence-electron chi connectivity index (χ4n) is 2.77. The molecule has 1 saturated heterocycles. The summed E-state index contributed by atoms with van der Waals surface area (Å²) >= 11 is 1.39. The molecular formula is C18H25N5O2S. The zero-order valence-electron chi connectivity index (χ0n) is 15.4. The van der Waals surface area contributed by atoms with Crippen molar-refractivity contribution in [1.82, 2.24) is 14.8 Å². The predicted molar refractivity (Wildman–Crippen MR) is 104 cm³/mol. The monoisotopic (exact) mass is 375 g/mol. The molecule has 2 aromatic rings. The zero-order chi connectivity index (χ0) is 18.5. The standard InChI is InChI=1S/C18H25N5O2S/c1-13(2)14-5-4-6-15(11-14)19-16(24)12-26-18-21-20-17(22(18)3)23-7-9-25-10-8-23/h4-6,11,13H,7-10,12H2,1-3H3,(H,19,24). The summed E-state index contributed by atoms with van der Waals surface area (Å²) in [7, 11) is 1.93. The Labute approximate surface area is 158 Å². The van der Waals surface area contributed by atoms with Crippen molar-refractivity contribution in [3.8, 4) is 0 Å². The zero-order valence-corrected chi connectivity index (χ0v) is 16.3. The number of carbonyl (C=O) groups is 1. The number of carbonyl (C=O) groups excluding carboxylic acids is 1. The molecule has 2 heterocycles. The lowest BCUT2D eigenvalue weighted by atomic mass is 10.0. The summed E-state index contributed by atoms with van der Waals surface area (Å²) in [5.41, 5.74) is 2.03. The Balaban J connectivity index is 1.56. The smallest absolute Gasteiger partial charge is 0.234 e. The molecule has 0 spiro atoms. The van der Waals surface area contributed by atoms with E-state index in [1.165, 1.54) is 17.3 Å². The van der Waals surface area contributed by atoms with Gasteiger partial charge in [-0.2, -0.15) is 0 Å². The van der Waals surface area contributed by atoms with Gasteiger partial charge in [0.2, 0.25) is 11.9 Å². The molecule has 0 atom stereocenters. The van der Waals surface area contributed by atoms with Crippen molar-refractivity contribution >= 4 is 29.3 Å². The normalized spacial score (nSPS) is 14.7. The molecule has 1 aromatic heterocycles. The Hall–Kier alpha value is -2.06. The van der Waals surface area contributed by atoms with Crippen LogP contribution in [0.5, 0.6) is 0 Å². The van der Waals surface area contributed by atoms with Crippen molar-refractivity contribution in [2.45, 2.75) is 24.9 Å². The molecule has 1 amide bonds. The second kappa shape index (κ2) is 8.55. The van der Waals surface area contributed by atoms with E-state index in [4.69, 9.17) is 4.74 Å². The number of morpholine rings is 1. The highest BCUT2D eigenvalue weighted by Gasteiger charge is 2.19. The van der Waals surface area contributed by atoms with Crippen LogP contribution in [0.2, 0.25) is 0 Å². The number of nitrogens with one attached hydrogen (secondary N) is 1. The van der Waals surface area contributed by atoms with Crippen LogP contribution in [0.15, 0.2) is 29.4 Å². The summed E-state index contributed by atoms with van der Waals surface area (Å²) < 4.78 is 7.30. The van der Waals surface area contributed by atoms with E-state index in [0.29, 0.717) is 24.9 Å². The van der Waals surface area contributed by atoms with E-state index in [-0.39, 0.29) is 5.91 Å². The lowest BCUT2D eigenvalue weighted by Crippen LogP contribution is -2.37. The van der Waals surface area contributed by atoms with Crippen molar-refractivity contribution in [3.05, 3.63) is 29.8 Å². The molecule has 1 fully saturated rings. The molecule has 8 heteroatoms. The Kier molecular flexibility index (Phi) is 6.16. The maximum Gasteiger partial charge on any atom is 0.234 e. The average Bonchev–Trinajstić information content (AvgIpc) is 3.01. The van der Waals surface area contributed by atoms with E-state index in [1.807, 2.05) is 29.8 Å². The molecule has 7 nitrogen and oxygen atoms in total. The van der Waals surface area contributed by atoms with Crippen LogP contribution >= 0.6 is 11.8 Å². The molecule has 1 aliphatic rings. The number of anilines is 2. The molecule has 1 aliphatic heterocycles. The Morgan fingerprint density at radius 2 is 2.08 bits per heavy atom. The van der Waals surface area contributed by atoms with E-state index in [0.717, 1.165) is 29.9 Å². The second-order valence-electron chi connectivity index (χ2n) is 6.56. The van der Waals surface area contributed by atoms with Gasteiger partial charge in [0.05, 0.1) is 19.0 Å². The lowest BCUT2D eigenvalue weighted by molar-refractivity contribution is -0.113. The number of hydrogen-bond donors (Lipinski definition) is 1. The van der Waals surface area contributed by atoms with Crippen LogP contribution in [0.1, 0.15) is 25.3 Å². The number of amides is 1. The molecule has 0 saturated carbocycles. The Bertz CT molecular complexity index is 756. The first-order chi connectivity index (χ1) is 12.5. The van der Waals surface area contributed by atoms with E-state index in [9.17, 15) is 4.79 Å². The van der Waals surface area contributed by atoms with Gasteiger partial charge in [-0.15, -0.1) is 10.2 Å². The molecule has 1 aromatic carbocycles. The molecule has 3 rings (SSSR count). The third-order valence-electron chi connectivity index (χ3n) is 4.28. The van der Waals surface area contributed by atoms with Gasteiger partial charge in [-0.25, -0.2) is 0 Å². The number of aromatic nitrogens is 3. The first kappa shape index (κ1) is 18.7. The third kappa shape index (κ3) is 4.56. The van der Waals surface area contributed by atoms with Gasteiger partial charge in [0.25, 0.3) is 0 Å². The lowest BCUT2D eigenvalue weighted by Gasteiger charge is -2.27. The van der Waals surface area contributed by atoms with E-state index in [2.05, 4.69) is 40.3 Å². The molecule has 26 heavy (non-hydrogen) atoms. The summed E-state index contributed by atoms with van der Waals surface area (Å²) in [6.07, 6.45) is 0. The number of nitrogens with zero attached hydrogens (tertiary/aromatic N) is 4. The molecule has 0 unspecified atom stereocenters. The van der Waals surface area contributed by atoms with Crippen molar-refractivity contribution in [1.29, 1.82) is 0 Å². The highest BCUT2D eigenvalue weighted by molar-refractivity contribution is 7.99. The topological polar surface area (TPSA) is 72.3 Å². The van der Waals surface area contributed by atoms with Gasteiger partial charge in [-0.1, -0.05) is 37.7 Å². The van der Waals surface area contributed by atoms with Gasteiger partial charge in [0.1, 0.15) is 0 Å². The van der Waals surface area contributed by atoms with Gasteiger partial charge < -0.3 is 15.0 Å².